The van der Waals surface area contributed by atoms with Crippen LogP contribution in [0.25, 0.3) is 0 Å². The average molecular weight is 392 g/mol. The highest BCUT2D eigenvalue weighted by Gasteiger charge is 2.55. The first-order valence-electron chi connectivity index (χ1n) is 6.48. The third kappa shape index (κ3) is 4.29. The van der Waals surface area contributed by atoms with E-state index in [0.29, 0.717) is 12.8 Å². The minimum absolute atomic E-state index is 0.118. The number of sulfone groups is 2. The number of likely N-dealkylation sites (tertiary alicyclic amines) is 1. The summed E-state index contributed by atoms with van der Waals surface area (Å²) in [6.07, 6.45) is 0.623. The number of hydrogen-bond donors (Lipinski definition) is 0. The molecule has 0 spiro atoms. The first kappa shape index (κ1) is 20.5. The summed E-state index contributed by atoms with van der Waals surface area (Å²) in [4.78, 5) is 0. The summed E-state index contributed by atoms with van der Waals surface area (Å²) >= 11 is 0. The smallest absolute Gasteiger partial charge is 0.310 e. The summed E-state index contributed by atoms with van der Waals surface area (Å²) in [5.74, 6) is -1.45. The SMILES string of the molecule is CC(C[N+]1(CS(=O)(=O)C(F)(F)F)CCCC1)S(=O)(=O)C(F)(F)F. The molecular weight excluding hydrogens is 376 g/mol. The predicted molar refractivity (Wildman–Crippen MR) is 68.4 cm³/mol. The van der Waals surface area contributed by atoms with Crippen LogP contribution in [0.1, 0.15) is 19.8 Å². The molecule has 0 aromatic heterocycles. The summed E-state index contributed by atoms with van der Waals surface area (Å²) in [5.41, 5.74) is -11.1. The van der Waals surface area contributed by atoms with E-state index in [1.165, 1.54) is 0 Å². The molecule has 1 unspecified atom stereocenters. The third-order valence-electron chi connectivity index (χ3n) is 3.81. The molecule has 1 saturated heterocycles. The predicted octanol–water partition coefficient (Wildman–Crippen LogP) is 1.81. The zero-order valence-electron chi connectivity index (χ0n) is 12.0. The van der Waals surface area contributed by atoms with Gasteiger partial charge in [-0.05, 0) is 6.92 Å². The average Bonchev–Trinajstić information content (AvgIpc) is 2.73. The molecule has 138 valence electrons. The van der Waals surface area contributed by atoms with Crippen LogP contribution in [0.4, 0.5) is 26.3 Å². The Kier molecular flexibility index (Phi) is 5.40. The summed E-state index contributed by atoms with van der Waals surface area (Å²) in [6.45, 7) is -0.349. The van der Waals surface area contributed by atoms with Crippen LogP contribution in [0.3, 0.4) is 0 Å². The molecular formula is C10H16F6NO4S2+. The van der Waals surface area contributed by atoms with Gasteiger partial charge in [0.25, 0.3) is 19.7 Å². The maximum atomic E-state index is 12.5. The maximum absolute atomic E-state index is 12.5. The monoisotopic (exact) mass is 392 g/mol. The molecule has 0 N–H and O–H groups in total. The first-order chi connectivity index (χ1) is 10.0. The van der Waals surface area contributed by atoms with Gasteiger partial charge in [0, 0.05) is 12.8 Å². The molecule has 23 heavy (non-hydrogen) atoms. The van der Waals surface area contributed by atoms with E-state index in [1.54, 1.807) is 0 Å². The van der Waals surface area contributed by atoms with Crippen molar-refractivity contribution >= 4 is 19.7 Å². The summed E-state index contributed by atoms with van der Waals surface area (Å²) in [5, 5.41) is -2.04. The number of quaternary nitrogens is 1. The van der Waals surface area contributed by atoms with Crippen molar-refractivity contribution < 1.29 is 47.7 Å². The van der Waals surface area contributed by atoms with Crippen molar-refractivity contribution in [1.29, 1.82) is 0 Å². The van der Waals surface area contributed by atoms with E-state index >= 15 is 0 Å². The van der Waals surface area contributed by atoms with Gasteiger partial charge in [0.05, 0.1) is 19.6 Å². The molecule has 13 heteroatoms. The van der Waals surface area contributed by atoms with Crippen molar-refractivity contribution in [1.82, 2.24) is 0 Å². The van der Waals surface area contributed by atoms with Gasteiger partial charge in [-0.15, -0.1) is 0 Å². The zero-order valence-corrected chi connectivity index (χ0v) is 13.6. The van der Waals surface area contributed by atoms with Gasteiger partial charge in [0.2, 0.25) is 0 Å². The third-order valence-corrected chi connectivity index (χ3v) is 7.25. The second-order valence-electron chi connectivity index (χ2n) is 5.67. The standard InChI is InChI=1S/C10H16F6NO4S2/c1-8(23(20,21)10(14,15)16)6-17(4-2-3-5-17)7-22(18,19)9(11,12)13/h8H,2-7H2,1H3/q+1. The number of rotatable bonds is 5. The van der Waals surface area contributed by atoms with Gasteiger partial charge in [0.15, 0.2) is 5.88 Å². The van der Waals surface area contributed by atoms with E-state index in [4.69, 9.17) is 0 Å². The number of nitrogens with zero attached hydrogens (tertiary/aromatic N) is 1. The molecule has 0 saturated carbocycles. The topological polar surface area (TPSA) is 68.3 Å². The Morgan fingerprint density at radius 3 is 1.70 bits per heavy atom. The summed E-state index contributed by atoms with van der Waals surface area (Å²) in [6, 6.07) is 0. The molecule has 0 radical (unpaired) electrons. The molecule has 0 amide bonds. The second-order valence-corrected chi connectivity index (χ2v) is 9.98. The van der Waals surface area contributed by atoms with Crippen LogP contribution < -0.4 is 0 Å². The van der Waals surface area contributed by atoms with Crippen molar-refractivity contribution in [3.8, 4) is 0 Å². The second kappa shape index (κ2) is 6.06. The van der Waals surface area contributed by atoms with E-state index in [0.717, 1.165) is 6.92 Å². The normalized spacial score (nSPS) is 21.3. The Hall–Kier alpha value is -0.560. The molecule has 1 aliphatic heterocycles. The van der Waals surface area contributed by atoms with Gasteiger partial charge < -0.3 is 4.48 Å². The van der Waals surface area contributed by atoms with Gasteiger partial charge in [-0.3, -0.25) is 0 Å². The molecule has 0 aromatic carbocycles. The van der Waals surface area contributed by atoms with Crippen LogP contribution in [0.15, 0.2) is 0 Å². The highest BCUT2D eigenvalue weighted by molar-refractivity contribution is 7.93. The van der Waals surface area contributed by atoms with Crippen molar-refractivity contribution in [2.75, 3.05) is 25.5 Å². The Morgan fingerprint density at radius 1 is 0.913 bits per heavy atom. The molecule has 0 bridgehead atoms. The maximum Gasteiger partial charge on any atom is 0.502 e. The van der Waals surface area contributed by atoms with E-state index in [-0.39, 0.29) is 13.1 Å². The minimum Gasteiger partial charge on any atom is -0.310 e. The van der Waals surface area contributed by atoms with Crippen molar-refractivity contribution in [3.05, 3.63) is 0 Å². The van der Waals surface area contributed by atoms with Gasteiger partial charge in [-0.25, -0.2) is 16.8 Å². The van der Waals surface area contributed by atoms with Crippen LogP contribution >= 0.6 is 0 Å². The summed E-state index contributed by atoms with van der Waals surface area (Å²) < 4.78 is 120. The van der Waals surface area contributed by atoms with E-state index < -0.39 is 52.8 Å². The lowest BCUT2D eigenvalue weighted by Crippen LogP contribution is -2.56. The lowest BCUT2D eigenvalue weighted by molar-refractivity contribution is -0.905. The fraction of sp³-hybridized carbons (Fsp3) is 1.00. The van der Waals surface area contributed by atoms with Crippen molar-refractivity contribution in [3.63, 3.8) is 0 Å². The van der Waals surface area contributed by atoms with Crippen LogP contribution in [-0.4, -0.2) is 63.1 Å². The molecule has 1 aliphatic rings. The van der Waals surface area contributed by atoms with Gasteiger partial charge in [-0.1, -0.05) is 0 Å². The molecule has 1 atom stereocenters. The van der Waals surface area contributed by atoms with E-state index in [9.17, 15) is 43.2 Å². The summed E-state index contributed by atoms with van der Waals surface area (Å²) in [7, 11) is -11.2. The largest absolute Gasteiger partial charge is 0.502 e. The van der Waals surface area contributed by atoms with E-state index in [2.05, 4.69) is 0 Å². The zero-order chi connectivity index (χ0) is 18.3. The molecule has 1 rings (SSSR count). The minimum atomic E-state index is -5.58. The number of halogens is 6. The Balaban J connectivity index is 3.10. The van der Waals surface area contributed by atoms with Gasteiger partial charge in [-0.2, -0.15) is 26.3 Å². The fourth-order valence-electron chi connectivity index (χ4n) is 2.68. The molecule has 0 aromatic rings. The van der Waals surface area contributed by atoms with Gasteiger partial charge in [0.1, 0.15) is 5.25 Å². The molecule has 5 nitrogen and oxygen atoms in total. The highest BCUT2D eigenvalue weighted by atomic mass is 32.2. The van der Waals surface area contributed by atoms with Crippen LogP contribution in [0.5, 0.6) is 0 Å². The Bertz CT molecular complexity index is 631. The number of alkyl halides is 6. The van der Waals surface area contributed by atoms with Crippen molar-refractivity contribution in [2.45, 2.75) is 36.0 Å². The number of hydrogen-bond acceptors (Lipinski definition) is 4. The van der Waals surface area contributed by atoms with Crippen LogP contribution in [-0.2, 0) is 19.7 Å². The lowest BCUT2D eigenvalue weighted by Gasteiger charge is -2.36. The first-order valence-corrected chi connectivity index (χ1v) is 9.68. The molecule has 1 heterocycles. The lowest BCUT2D eigenvalue weighted by atomic mass is 10.4. The van der Waals surface area contributed by atoms with Crippen LogP contribution in [0.2, 0.25) is 0 Å². The Labute approximate surface area is 129 Å². The van der Waals surface area contributed by atoms with Crippen LogP contribution in [0, 0.1) is 0 Å². The molecule has 0 aliphatic carbocycles. The Morgan fingerprint density at radius 2 is 1.35 bits per heavy atom. The highest BCUT2D eigenvalue weighted by Crippen LogP contribution is 2.33. The van der Waals surface area contributed by atoms with E-state index in [1.807, 2.05) is 0 Å². The molecule has 1 fully saturated rings. The van der Waals surface area contributed by atoms with Gasteiger partial charge >= 0.3 is 11.0 Å². The van der Waals surface area contributed by atoms with Crippen molar-refractivity contribution in [2.24, 2.45) is 0 Å². The fourth-order valence-corrected chi connectivity index (χ4v) is 4.88. The quantitative estimate of drug-likeness (QED) is 0.529.